The maximum absolute atomic E-state index is 11.3. The monoisotopic (exact) mass is 250 g/mol. The molecule has 5 nitrogen and oxygen atoms in total. The summed E-state index contributed by atoms with van der Waals surface area (Å²) in [5.41, 5.74) is 11.8. The molecule has 1 amide bonds. The lowest BCUT2D eigenvalue weighted by Gasteiger charge is -2.14. The molecule has 0 aromatic heterocycles. The van der Waals surface area contributed by atoms with Crippen molar-refractivity contribution in [3.05, 3.63) is 23.8 Å². The number of nitrogen functional groups attached to an aromatic ring is 1. The van der Waals surface area contributed by atoms with Crippen molar-refractivity contribution in [2.45, 2.75) is 32.0 Å². The molecular formula is C13H18N2O3. The SMILES string of the molecule is CC1CCC(COc2cc(N)ccc2C(N)=O)O1. The predicted molar refractivity (Wildman–Crippen MR) is 68.4 cm³/mol. The second-order valence-electron chi connectivity index (χ2n) is 4.58. The summed E-state index contributed by atoms with van der Waals surface area (Å²) in [6.45, 7) is 2.45. The molecule has 0 spiro atoms. The molecule has 2 atom stereocenters. The highest BCUT2D eigenvalue weighted by atomic mass is 16.5. The van der Waals surface area contributed by atoms with Crippen molar-refractivity contribution in [2.24, 2.45) is 5.73 Å². The van der Waals surface area contributed by atoms with Crippen LogP contribution < -0.4 is 16.2 Å². The highest BCUT2D eigenvalue weighted by Crippen LogP contribution is 2.24. The van der Waals surface area contributed by atoms with Crippen LogP contribution in [0.5, 0.6) is 5.75 Å². The summed E-state index contributed by atoms with van der Waals surface area (Å²) < 4.78 is 11.2. The zero-order valence-electron chi connectivity index (χ0n) is 10.4. The van der Waals surface area contributed by atoms with Gasteiger partial charge in [-0.2, -0.15) is 0 Å². The van der Waals surface area contributed by atoms with Crippen molar-refractivity contribution < 1.29 is 14.3 Å². The molecule has 1 saturated heterocycles. The Kier molecular flexibility index (Phi) is 3.72. The Morgan fingerprint density at radius 1 is 1.50 bits per heavy atom. The number of hydrogen-bond donors (Lipinski definition) is 2. The van der Waals surface area contributed by atoms with Crippen LogP contribution in [-0.4, -0.2) is 24.7 Å². The molecule has 1 aliphatic heterocycles. The standard InChI is InChI=1S/C13H18N2O3/c1-8-2-4-10(18-8)7-17-12-6-9(14)3-5-11(12)13(15)16/h3,5-6,8,10H,2,4,7,14H2,1H3,(H2,15,16). The van der Waals surface area contributed by atoms with E-state index in [2.05, 4.69) is 0 Å². The highest BCUT2D eigenvalue weighted by molar-refractivity contribution is 5.96. The summed E-state index contributed by atoms with van der Waals surface area (Å²) in [4.78, 5) is 11.3. The number of carbonyl (C=O) groups excluding carboxylic acids is 1. The van der Waals surface area contributed by atoms with E-state index in [-0.39, 0.29) is 12.2 Å². The molecule has 0 saturated carbocycles. The van der Waals surface area contributed by atoms with E-state index in [0.29, 0.717) is 23.6 Å². The first-order valence-corrected chi connectivity index (χ1v) is 6.04. The molecule has 5 heteroatoms. The van der Waals surface area contributed by atoms with E-state index in [1.807, 2.05) is 6.92 Å². The van der Waals surface area contributed by atoms with Crippen LogP contribution in [0.15, 0.2) is 18.2 Å². The van der Waals surface area contributed by atoms with Crippen LogP contribution >= 0.6 is 0 Å². The summed E-state index contributed by atoms with van der Waals surface area (Å²) >= 11 is 0. The molecule has 1 heterocycles. The Hall–Kier alpha value is -1.75. The van der Waals surface area contributed by atoms with Gasteiger partial charge in [-0.3, -0.25) is 4.79 Å². The molecule has 1 fully saturated rings. The van der Waals surface area contributed by atoms with E-state index in [4.69, 9.17) is 20.9 Å². The number of ether oxygens (including phenoxy) is 2. The molecule has 0 bridgehead atoms. The quantitative estimate of drug-likeness (QED) is 0.789. The van der Waals surface area contributed by atoms with Crippen LogP contribution in [0.4, 0.5) is 5.69 Å². The summed E-state index contributed by atoms with van der Waals surface area (Å²) in [5.74, 6) is -0.101. The van der Waals surface area contributed by atoms with Crippen molar-refractivity contribution >= 4 is 11.6 Å². The molecule has 0 aliphatic carbocycles. The van der Waals surface area contributed by atoms with E-state index in [0.717, 1.165) is 12.8 Å². The van der Waals surface area contributed by atoms with Gasteiger partial charge < -0.3 is 20.9 Å². The Morgan fingerprint density at radius 3 is 2.89 bits per heavy atom. The minimum atomic E-state index is -0.522. The highest BCUT2D eigenvalue weighted by Gasteiger charge is 2.22. The number of benzene rings is 1. The van der Waals surface area contributed by atoms with Gasteiger partial charge in [0.15, 0.2) is 0 Å². The minimum Gasteiger partial charge on any atom is -0.490 e. The number of anilines is 1. The van der Waals surface area contributed by atoms with Crippen molar-refractivity contribution in [1.29, 1.82) is 0 Å². The number of hydrogen-bond acceptors (Lipinski definition) is 4. The first-order chi connectivity index (χ1) is 8.56. The largest absolute Gasteiger partial charge is 0.490 e. The molecule has 98 valence electrons. The summed E-state index contributed by atoms with van der Waals surface area (Å²) in [6.07, 6.45) is 2.35. The van der Waals surface area contributed by atoms with Crippen LogP contribution in [0.25, 0.3) is 0 Å². The molecule has 2 rings (SSSR count). The minimum absolute atomic E-state index is 0.0714. The van der Waals surface area contributed by atoms with Gasteiger partial charge in [-0.25, -0.2) is 0 Å². The van der Waals surface area contributed by atoms with Gasteiger partial charge in [0.05, 0.1) is 17.8 Å². The first-order valence-electron chi connectivity index (χ1n) is 6.04. The lowest BCUT2D eigenvalue weighted by Crippen LogP contribution is -2.20. The fraction of sp³-hybridized carbons (Fsp3) is 0.462. The molecule has 0 radical (unpaired) electrons. The average Bonchev–Trinajstić information content (AvgIpc) is 2.72. The van der Waals surface area contributed by atoms with E-state index in [1.54, 1.807) is 18.2 Å². The zero-order valence-corrected chi connectivity index (χ0v) is 10.4. The molecule has 18 heavy (non-hydrogen) atoms. The van der Waals surface area contributed by atoms with Gasteiger partial charge in [0.1, 0.15) is 12.4 Å². The third-order valence-electron chi connectivity index (χ3n) is 3.02. The van der Waals surface area contributed by atoms with Gasteiger partial charge in [0.25, 0.3) is 5.91 Å². The Morgan fingerprint density at radius 2 is 2.28 bits per heavy atom. The zero-order chi connectivity index (χ0) is 13.1. The van der Waals surface area contributed by atoms with E-state index < -0.39 is 5.91 Å². The van der Waals surface area contributed by atoms with Crippen LogP contribution in [-0.2, 0) is 4.74 Å². The van der Waals surface area contributed by atoms with E-state index in [9.17, 15) is 4.79 Å². The molecule has 4 N–H and O–H groups in total. The maximum atomic E-state index is 11.3. The Bertz CT molecular complexity index is 448. The molecule has 2 unspecified atom stereocenters. The van der Waals surface area contributed by atoms with Crippen molar-refractivity contribution in [3.63, 3.8) is 0 Å². The van der Waals surface area contributed by atoms with Crippen LogP contribution in [0, 0.1) is 0 Å². The van der Waals surface area contributed by atoms with Crippen LogP contribution in [0.1, 0.15) is 30.1 Å². The van der Waals surface area contributed by atoms with Crippen molar-refractivity contribution in [3.8, 4) is 5.75 Å². The lowest BCUT2D eigenvalue weighted by atomic mass is 10.1. The third kappa shape index (κ3) is 2.92. The van der Waals surface area contributed by atoms with Crippen LogP contribution in [0.3, 0.4) is 0 Å². The number of primary amides is 1. The molecule has 1 aromatic rings. The number of nitrogens with two attached hydrogens (primary N) is 2. The summed E-state index contributed by atoms with van der Waals surface area (Å²) in [7, 11) is 0. The van der Waals surface area contributed by atoms with Gasteiger partial charge in [-0.15, -0.1) is 0 Å². The topological polar surface area (TPSA) is 87.6 Å². The van der Waals surface area contributed by atoms with E-state index in [1.165, 1.54) is 0 Å². The van der Waals surface area contributed by atoms with Gasteiger partial charge in [0, 0.05) is 11.8 Å². The van der Waals surface area contributed by atoms with Crippen molar-refractivity contribution in [1.82, 2.24) is 0 Å². The fourth-order valence-corrected chi connectivity index (χ4v) is 2.05. The predicted octanol–water partition coefficient (Wildman–Crippen LogP) is 1.31. The molecule has 1 aliphatic rings. The summed E-state index contributed by atoms with van der Waals surface area (Å²) in [5, 5.41) is 0. The van der Waals surface area contributed by atoms with Gasteiger partial charge in [-0.05, 0) is 31.9 Å². The number of carbonyl (C=O) groups is 1. The molecule has 1 aromatic carbocycles. The van der Waals surface area contributed by atoms with E-state index >= 15 is 0 Å². The van der Waals surface area contributed by atoms with Gasteiger partial charge in [0.2, 0.25) is 0 Å². The number of rotatable bonds is 4. The van der Waals surface area contributed by atoms with Crippen molar-refractivity contribution in [2.75, 3.05) is 12.3 Å². The second kappa shape index (κ2) is 5.27. The fourth-order valence-electron chi connectivity index (χ4n) is 2.05. The normalized spacial score (nSPS) is 22.9. The second-order valence-corrected chi connectivity index (χ2v) is 4.58. The van der Waals surface area contributed by atoms with Crippen LogP contribution in [0.2, 0.25) is 0 Å². The Labute approximate surface area is 106 Å². The lowest BCUT2D eigenvalue weighted by molar-refractivity contribution is 0.0262. The average molecular weight is 250 g/mol. The first kappa shape index (κ1) is 12.7. The molecular weight excluding hydrogens is 232 g/mol. The summed E-state index contributed by atoms with van der Waals surface area (Å²) in [6, 6.07) is 4.81. The smallest absolute Gasteiger partial charge is 0.252 e. The van der Waals surface area contributed by atoms with Gasteiger partial charge >= 0.3 is 0 Å². The maximum Gasteiger partial charge on any atom is 0.252 e. The number of amides is 1. The van der Waals surface area contributed by atoms with Gasteiger partial charge in [-0.1, -0.05) is 0 Å². The Balaban J connectivity index is 2.04. The third-order valence-corrected chi connectivity index (χ3v) is 3.02.